The van der Waals surface area contributed by atoms with Gasteiger partial charge in [-0.25, -0.2) is 4.98 Å². The summed E-state index contributed by atoms with van der Waals surface area (Å²) in [4.78, 5) is 4.23. The first-order valence-electron chi connectivity index (χ1n) is 6.77. The minimum atomic E-state index is 0.240. The monoisotopic (exact) mass is 237 g/mol. The van der Waals surface area contributed by atoms with E-state index in [-0.39, 0.29) is 5.54 Å². The van der Waals surface area contributed by atoms with Crippen LogP contribution in [0.4, 0.5) is 0 Å². The molecule has 0 radical (unpaired) electrons. The van der Waals surface area contributed by atoms with Gasteiger partial charge in [-0.15, -0.1) is 0 Å². The molecule has 0 saturated carbocycles. The van der Waals surface area contributed by atoms with Gasteiger partial charge in [0.15, 0.2) is 0 Å². The third-order valence-electron chi connectivity index (χ3n) is 2.78. The minimum absolute atomic E-state index is 0.240. The van der Waals surface area contributed by atoms with E-state index in [1.807, 2.05) is 12.5 Å². The van der Waals surface area contributed by atoms with Gasteiger partial charge in [0.25, 0.3) is 0 Å². The number of hydrogen-bond acceptors (Lipinski definition) is 2. The second kappa shape index (κ2) is 6.80. The van der Waals surface area contributed by atoms with Crippen LogP contribution in [0.5, 0.6) is 0 Å². The molecule has 0 aromatic carbocycles. The van der Waals surface area contributed by atoms with Gasteiger partial charge in [0.05, 0.1) is 6.33 Å². The third kappa shape index (κ3) is 5.87. The highest BCUT2D eigenvalue weighted by Gasteiger charge is 2.07. The number of rotatable bonds is 7. The fraction of sp³-hybridized carbons (Fsp3) is 0.786. The Hall–Kier alpha value is -0.830. The van der Waals surface area contributed by atoms with E-state index in [9.17, 15) is 0 Å². The molecule has 1 N–H and O–H groups in total. The highest BCUT2D eigenvalue weighted by molar-refractivity contribution is 4.98. The van der Waals surface area contributed by atoms with Crippen molar-refractivity contribution >= 4 is 0 Å². The van der Waals surface area contributed by atoms with Gasteiger partial charge in [0.2, 0.25) is 0 Å². The molecule has 0 aliphatic carbocycles. The lowest BCUT2D eigenvalue weighted by Crippen LogP contribution is -2.36. The van der Waals surface area contributed by atoms with E-state index in [2.05, 4.69) is 42.6 Å². The van der Waals surface area contributed by atoms with Crippen LogP contribution in [0, 0.1) is 0 Å². The Bertz CT molecular complexity index is 310. The average molecular weight is 237 g/mol. The topological polar surface area (TPSA) is 29.9 Å². The SMILES string of the molecule is CCCn1cncc1CCCCNC(C)(C)C. The van der Waals surface area contributed by atoms with E-state index >= 15 is 0 Å². The molecule has 1 aromatic rings. The molecule has 17 heavy (non-hydrogen) atoms. The number of hydrogen-bond donors (Lipinski definition) is 1. The molecule has 0 aliphatic heterocycles. The van der Waals surface area contributed by atoms with Crippen LogP contribution >= 0.6 is 0 Å². The quantitative estimate of drug-likeness (QED) is 0.739. The van der Waals surface area contributed by atoms with Gasteiger partial charge in [0, 0.05) is 24.0 Å². The fourth-order valence-electron chi connectivity index (χ4n) is 1.89. The summed E-state index contributed by atoms with van der Waals surface area (Å²) < 4.78 is 2.27. The Balaban J connectivity index is 2.20. The molecule has 0 bridgehead atoms. The summed E-state index contributed by atoms with van der Waals surface area (Å²) in [6.07, 6.45) is 8.74. The summed E-state index contributed by atoms with van der Waals surface area (Å²) >= 11 is 0. The Labute approximate surface area is 106 Å². The average Bonchev–Trinajstić information content (AvgIpc) is 2.64. The van der Waals surface area contributed by atoms with Crippen LogP contribution in [0.3, 0.4) is 0 Å². The van der Waals surface area contributed by atoms with Gasteiger partial charge in [-0.1, -0.05) is 6.92 Å². The smallest absolute Gasteiger partial charge is 0.0948 e. The number of aryl methyl sites for hydroxylation is 2. The van der Waals surface area contributed by atoms with Crippen LogP contribution < -0.4 is 5.32 Å². The maximum absolute atomic E-state index is 4.23. The van der Waals surface area contributed by atoms with Crippen molar-refractivity contribution in [3.63, 3.8) is 0 Å². The van der Waals surface area contributed by atoms with Gasteiger partial charge in [-0.05, 0) is 53.0 Å². The normalized spacial score (nSPS) is 12.0. The van der Waals surface area contributed by atoms with Crippen molar-refractivity contribution in [3.05, 3.63) is 18.2 Å². The van der Waals surface area contributed by atoms with Crippen molar-refractivity contribution in [1.82, 2.24) is 14.9 Å². The number of imidazole rings is 1. The maximum Gasteiger partial charge on any atom is 0.0948 e. The predicted octanol–water partition coefficient (Wildman–Crippen LogP) is 3.00. The minimum Gasteiger partial charge on any atom is -0.335 e. The summed E-state index contributed by atoms with van der Waals surface area (Å²) in [7, 11) is 0. The molecule has 3 nitrogen and oxygen atoms in total. The third-order valence-corrected chi connectivity index (χ3v) is 2.78. The van der Waals surface area contributed by atoms with E-state index in [1.165, 1.54) is 25.0 Å². The highest BCUT2D eigenvalue weighted by Crippen LogP contribution is 2.06. The first-order chi connectivity index (χ1) is 8.03. The van der Waals surface area contributed by atoms with Gasteiger partial charge >= 0.3 is 0 Å². The first kappa shape index (κ1) is 14.2. The molecule has 0 aliphatic rings. The Kier molecular flexibility index (Phi) is 5.69. The standard InChI is InChI=1S/C14H27N3/c1-5-10-17-12-15-11-13(17)8-6-7-9-16-14(2,3)4/h11-12,16H,5-10H2,1-4H3. The summed E-state index contributed by atoms with van der Waals surface area (Å²) in [6.45, 7) is 11.0. The lowest BCUT2D eigenvalue weighted by atomic mass is 10.1. The second-order valence-corrected chi connectivity index (χ2v) is 5.71. The van der Waals surface area contributed by atoms with Gasteiger partial charge in [0.1, 0.15) is 0 Å². The van der Waals surface area contributed by atoms with Crippen molar-refractivity contribution in [1.29, 1.82) is 0 Å². The Morgan fingerprint density at radius 2 is 2.06 bits per heavy atom. The Morgan fingerprint density at radius 3 is 2.71 bits per heavy atom. The van der Waals surface area contributed by atoms with Crippen LogP contribution in [-0.4, -0.2) is 21.6 Å². The molecule has 0 spiro atoms. The summed E-state index contributed by atoms with van der Waals surface area (Å²) in [5.74, 6) is 0. The molecular formula is C14H27N3. The van der Waals surface area contributed by atoms with Crippen LogP contribution in [0.2, 0.25) is 0 Å². The summed E-state index contributed by atoms with van der Waals surface area (Å²) in [5.41, 5.74) is 1.62. The van der Waals surface area contributed by atoms with Gasteiger partial charge in [-0.2, -0.15) is 0 Å². The number of nitrogens with zero attached hydrogens (tertiary/aromatic N) is 2. The second-order valence-electron chi connectivity index (χ2n) is 5.71. The molecule has 1 heterocycles. The van der Waals surface area contributed by atoms with Crippen molar-refractivity contribution in [2.45, 2.75) is 65.5 Å². The van der Waals surface area contributed by atoms with E-state index in [4.69, 9.17) is 0 Å². The maximum atomic E-state index is 4.23. The van der Waals surface area contributed by atoms with Crippen LogP contribution in [-0.2, 0) is 13.0 Å². The zero-order chi connectivity index (χ0) is 12.7. The van der Waals surface area contributed by atoms with Gasteiger partial charge in [-0.3, -0.25) is 0 Å². The molecule has 0 atom stereocenters. The van der Waals surface area contributed by atoms with E-state index < -0.39 is 0 Å². The fourth-order valence-corrected chi connectivity index (χ4v) is 1.89. The first-order valence-corrected chi connectivity index (χ1v) is 6.77. The molecule has 98 valence electrons. The van der Waals surface area contributed by atoms with Gasteiger partial charge < -0.3 is 9.88 Å². The molecule has 1 rings (SSSR count). The van der Waals surface area contributed by atoms with E-state index in [0.29, 0.717) is 0 Å². The van der Waals surface area contributed by atoms with Crippen LogP contribution in [0.1, 0.15) is 52.7 Å². The van der Waals surface area contributed by atoms with Crippen molar-refractivity contribution in [3.8, 4) is 0 Å². The lowest BCUT2D eigenvalue weighted by molar-refractivity contribution is 0.418. The Morgan fingerprint density at radius 1 is 1.29 bits per heavy atom. The van der Waals surface area contributed by atoms with E-state index in [1.54, 1.807) is 0 Å². The molecule has 0 unspecified atom stereocenters. The number of aromatic nitrogens is 2. The lowest BCUT2D eigenvalue weighted by Gasteiger charge is -2.20. The highest BCUT2D eigenvalue weighted by atomic mass is 15.0. The molecule has 0 saturated heterocycles. The number of nitrogens with one attached hydrogen (secondary N) is 1. The molecule has 1 aromatic heterocycles. The molecule has 3 heteroatoms. The van der Waals surface area contributed by atoms with Crippen LogP contribution in [0.25, 0.3) is 0 Å². The largest absolute Gasteiger partial charge is 0.335 e. The van der Waals surface area contributed by atoms with E-state index in [0.717, 1.165) is 19.5 Å². The van der Waals surface area contributed by atoms with Crippen molar-refractivity contribution in [2.24, 2.45) is 0 Å². The summed E-state index contributed by atoms with van der Waals surface area (Å²) in [5, 5.41) is 3.52. The zero-order valence-electron chi connectivity index (χ0n) is 11.8. The summed E-state index contributed by atoms with van der Waals surface area (Å²) in [6, 6.07) is 0. The predicted molar refractivity (Wildman–Crippen MR) is 73.2 cm³/mol. The molecule has 0 amide bonds. The zero-order valence-corrected chi connectivity index (χ0v) is 11.8. The molecular weight excluding hydrogens is 210 g/mol. The number of unbranched alkanes of at least 4 members (excludes halogenated alkanes) is 1. The van der Waals surface area contributed by atoms with Crippen molar-refractivity contribution in [2.75, 3.05) is 6.54 Å². The van der Waals surface area contributed by atoms with Crippen LogP contribution in [0.15, 0.2) is 12.5 Å². The van der Waals surface area contributed by atoms with Crippen molar-refractivity contribution < 1.29 is 0 Å². The molecule has 0 fully saturated rings.